The first-order valence-corrected chi connectivity index (χ1v) is 12.4. The summed E-state index contributed by atoms with van der Waals surface area (Å²) in [6, 6.07) is 18.4. The van der Waals surface area contributed by atoms with E-state index in [1.807, 2.05) is 74.5 Å². The summed E-state index contributed by atoms with van der Waals surface area (Å²) in [5, 5.41) is 6.77. The van der Waals surface area contributed by atoms with Gasteiger partial charge in [0.05, 0.1) is 12.5 Å². The molecular formula is C27H27BrN6O3. The molecule has 0 spiro atoms. The lowest BCUT2D eigenvalue weighted by molar-refractivity contribution is -0.123. The molecule has 2 amide bonds. The third-order valence-corrected chi connectivity index (χ3v) is 6.26. The summed E-state index contributed by atoms with van der Waals surface area (Å²) in [4.78, 5) is 32.3. The summed E-state index contributed by atoms with van der Waals surface area (Å²) in [5.74, 6) is -0.482. The molecule has 0 aliphatic rings. The number of hydrogen-bond donors (Lipinski definition) is 3. The molecule has 37 heavy (non-hydrogen) atoms. The molecule has 0 saturated heterocycles. The van der Waals surface area contributed by atoms with Crippen LogP contribution in [0.5, 0.6) is 0 Å². The quantitative estimate of drug-likeness (QED) is 0.205. The van der Waals surface area contributed by atoms with E-state index in [0.29, 0.717) is 5.69 Å². The van der Waals surface area contributed by atoms with Gasteiger partial charge in [-0.15, -0.1) is 0 Å². The highest BCUT2D eigenvalue weighted by atomic mass is 79.9. The molecule has 4 rings (SSSR count). The van der Waals surface area contributed by atoms with E-state index in [1.165, 1.54) is 6.33 Å². The van der Waals surface area contributed by atoms with Crippen LogP contribution in [-0.4, -0.2) is 38.8 Å². The highest BCUT2D eigenvalue weighted by Gasteiger charge is 2.22. The van der Waals surface area contributed by atoms with Crippen molar-refractivity contribution in [3.8, 4) is 5.69 Å². The number of amides is 2. The van der Waals surface area contributed by atoms with Gasteiger partial charge in [0.2, 0.25) is 0 Å². The molecule has 2 aromatic heterocycles. The SMILES string of the molecule is Cc1cc(/C=N\NC(=O)[C@@H](Cc2cnc[nH]2)NC(=O)OCc2ccccc2)c(C)n1-c1ccc(Br)cc1. The van der Waals surface area contributed by atoms with Crippen molar-refractivity contribution in [3.63, 3.8) is 0 Å². The fourth-order valence-corrected chi connectivity index (χ4v) is 4.15. The Labute approximate surface area is 223 Å². The number of benzene rings is 2. The van der Waals surface area contributed by atoms with E-state index in [1.54, 1.807) is 12.4 Å². The van der Waals surface area contributed by atoms with Crippen LogP contribution in [0, 0.1) is 13.8 Å². The Morgan fingerprint density at radius 2 is 1.92 bits per heavy atom. The number of aromatic nitrogens is 3. The van der Waals surface area contributed by atoms with E-state index < -0.39 is 18.0 Å². The molecule has 3 N–H and O–H groups in total. The summed E-state index contributed by atoms with van der Waals surface area (Å²) in [7, 11) is 0. The monoisotopic (exact) mass is 562 g/mol. The Hall–Kier alpha value is -4.18. The van der Waals surface area contributed by atoms with Crippen LogP contribution in [0.1, 0.15) is 28.2 Å². The molecule has 0 aliphatic carbocycles. The Bertz CT molecular complexity index is 1370. The normalized spacial score (nSPS) is 11.9. The van der Waals surface area contributed by atoms with Crippen LogP contribution >= 0.6 is 15.9 Å². The predicted molar refractivity (Wildman–Crippen MR) is 145 cm³/mol. The number of hydrogen-bond acceptors (Lipinski definition) is 5. The Kier molecular flexibility index (Phi) is 8.52. The van der Waals surface area contributed by atoms with Crippen LogP contribution in [0.2, 0.25) is 0 Å². The van der Waals surface area contributed by atoms with Gasteiger partial charge in [-0.05, 0) is 49.7 Å². The lowest BCUT2D eigenvalue weighted by atomic mass is 10.1. The molecule has 0 radical (unpaired) electrons. The van der Waals surface area contributed by atoms with Crippen molar-refractivity contribution in [3.05, 3.63) is 106 Å². The summed E-state index contributed by atoms with van der Waals surface area (Å²) in [6.07, 6.45) is 4.19. The van der Waals surface area contributed by atoms with Gasteiger partial charge in [0.15, 0.2) is 0 Å². The topological polar surface area (TPSA) is 113 Å². The third kappa shape index (κ3) is 6.95. The van der Waals surface area contributed by atoms with E-state index in [-0.39, 0.29) is 13.0 Å². The van der Waals surface area contributed by atoms with E-state index in [9.17, 15) is 9.59 Å². The largest absolute Gasteiger partial charge is 0.445 e. The van der Waals surface area contributed by atoms with E-state index >= 15 is 0 Å². The second-order valence-electron chi connectivity index (χ2n) is 8.41. The number of halogens is 1. The van der Waals surface area contributed by atoms with Gasteiger partial charge in [0.1, 0.15) is 12.6 Å². The number of H-pyrrole nitrogens is 1. The van der Waals surface area contributed by atoms with Crippen molar-refractivity contribution in [1.29, 1.82) is 0 Å². The van der Waals surface area contributed by atoms with Crippen LogP contribution in [0.25, 0.3) is 5.69 Å². The highest BCUT2D eigenvalue weighted by molar-refractivity contribution is 9.10. The number of ether oxygens (including phenoxy) is 1. The van der Waals surface area contributed by atoms with Crippen molar-refractivity contribution in [2.45, 2.75) is 32.9 Å². The van der Waals surface area contributed by atoms with Crippen LogP contribution in [0.15, 0.2) is 82.8 Å². The van der Waals surface area contributed by atoms with Gasteiger partial charge >= 0.3 is 6.09 Å². The molecule has 0 unspecified atom stereocenters. The average Bonchev–Trinajstić information content (AvgIpc) is 3.51. The number of aromatic amines is 1. The van der Waals surface area contributed by atoms with Crippen LogP contribution in [-0.2, 0) is 22.6 Å². The number of carbonyl (C=O) groups excluding carboxylic acids is 2. The van der Waals surface area contributed by atoms with E-state index in [0.717, 1.165) is 32.7 Å². The minimum atomic E-state index is -0.920. The standard InChI is InChI=1S/C27H27BrN6O3/c1-18-12-21(19(2)34(18)24-10-8-22(28)9-11-24)14-31-33-26(35)25(13-23-15-29-17-30-23)32-27(36)37-16-20-6-4-3-5-7-20/h3-12,14-15,17,25H,13,16H2,1-2H3,(H,29,30)(H,32,36)(H,33,35)/b31-14-/t25-/m1/s1. The number of nitrogens with one attached hydrogen (secondary N) is 3. The van der Waals surface area contributed by atoms with Crippen molar-refractivity contribution >= 4 is 34.1 Å². The van der Waals surface area contributed by atoms with Gasteiger partial charge in [-0.1, -0.05) is 46.3 Å². The number of hydrazone groups is 1. The fraction of sp³-hybridized carbons (Fsp3) is 0.185. The molecule has 0 fully saturated rings. The smallest absolute Gasteiger partial charge is 0.408 e. The molecule has 0 saturated carbocycles. The predicted octanol–water partition coefficient (Wildman–Crippen LogP) is 4.57. The maximum Gasteiger partial charge on any atom is 0.408 e. The zero-order chi connectivity index (χ0) is 26.2. The molecule has 2 aromatic carbocycles. The summed E-state index contributed by atoms with van der Waals surface area (Å²) < 4.78 is 8.40. The first-order valence-electron chi connectivity index (χ1n) is 11.6. The molecule has 2 heterocycles. The van der Waals surface area contributed by atoms with Gasteiger partial charge in [0.25, 0.3) is 5.91 Å². The lowest BCUT2D eigenvalue weighted by Gasteiger charge is -2.16. The average molecular weight is 563 g/mol. The van der Waals surface area contributed by atoms with Crippen LogP contribution < -0.4 is 10.7 Å². The number of rotatable bonds is 9. The number of alkyl carbamates (subject to hydrolysis) is 1. The van der Waals surface area contributed by atoms with E-state index in [2.05, 4.69) is 46.3 Å². The molecule has 0 aliphatic heterocycles. The summed E-state index contributed by atoms with van der Waals surface area (Å²) >= 11 is 3.46. The molecule has 190 valence electrons. The van der Waals surface area contributed by atoms with E-state index in [4.69, 9.17) is 4.74 Å². The first-order chi connectivity index (χ1) is 17.9. The van der Waals surface area contributed by atoms with Gasteiger partial charge in [0, 0.05) is 45.4 Å². The summed E-state index contributed by atoms with van der Waals surface area (Å²) in [5.41, 5.74) is 7.97. The zero-order valence-electron chi connectivity index (χ0n) is 20.4. The number of nitrogens with zero attached hydrogens (tertiary/aromatic N) is 3. The van der Waals surface area contributed by atoms with Crippen molar-refractivity contribution < 1.29 is 14.3 Å². The maximum absolute atomic E-state index is 12.9. The highest BCUT2D eigenvalue weighted by Crippen LogP contribution is 2.21. The molecule has 1 atom stereocenters. The Morgan fingerprint density at radius 1 is 1.16 bits per heavy atom. The minimum absolute atomic E-state index is 0.0945. The van der Waals surface area contributed by atoms with Gasteiger partial charge < -0.3 is 19.6 Å². The number of carbonyl (C=O) groups is 2. The Morgan fingerprint density at radius 3 is 2.62 bits per heavy atom. The molecule has 0 bridgehead atoms. The van der Waals surface area contributed by atoms with Gasteiger partial charge in [-0.3, -0.25) is 4.79 Å². The number of aryl methyl sites for hydroxylation is 1. The maximum atomic E-state index is 12.9. The second kappa shape index (κ2) is 12.2. The van der Waals surface area contributed by atoms with Gasteiger partial charge in [-0.25, -0.2) is 15.2 Å². The fourth-order valence-electron chi connectivity index (χ4n) is 3.88. The molecule has 4 aromatic rings. The first kappa shape index (κ1) is 25.9. The van der Waals surface area contributed by atoms with Crippen LogP contribution in [0.3, 0.4) is 0 Å². The molecule has 10 heteroatoms. The molecule has 9 nitrogen and oxygen atoms in total. The van der Waals surface area contributed by atoms with Crippen molar-refractivity contribution in [2.24, 2.45) is 5.10 Å². The zero-order valence-corrected chi connectivity index (χ0v) is 22.0. The van der Waals surface area contributed by atoms with Crippen molar-refractivity contribution in [2.75, 3.05) is 0 Å². The van der Waals surface area contributed by atoms with Crippen molar-refractivity contribution in [1.82, 2.24) is 25.3 Å². The van der Waals surface area contributed by atoms with Gasteiger partial charge in [-0.2, -0.15) is 5.10 Å². The number of imidazole rings is 1. The molecular weight excluding hydrogens is 536 g/mol. The lowest BCUT2D eigenvalue weighted by Crippen LogP contribution is -2.47. The Balaban J connectivity index is 1.41. The minimum Gasteiger partial charge on any atom is -0.445 e. The second-order valence-corrected chi connectivity index (χ2v) is 9.33. The van der Waals surface area contributed by atoms with Crippen LogP contribution in [0.4, 0.5) is 4.79 Å². The third-order valence-electron chi connectivity index (χ3n) is 5.73. The summed E-state index contributed by atoms with van der Waals surface area (Å²) in [6.45, 7) is 4.09.